The molecule has 0 amide bonds. The number of aryl methyl sites for hydroxylation is 1. The summed E-state index contributed by atoms with van der Waals surface area (Å²) in [5.74, 6) is 1.41. The summed E-state index contributed by atoms with van der Waals surface area (Å²) in [4.78, 5) is 1.20. The van der Waals surface area contributed by atoms with E-state index in [1.54, 1.807) is 0 Å². The van der Waals surface area contributed by atoms with E-state index in [1.807, 2.05) is 0 Å². The molecule has 0 saturated carbocycles. The Hall–Kier alpha value is -0.480. The van der Waals surface area contributed by atoms with Crippen molar-refractivity contribution < 1.29 is 0 Å². The summed E-state index contributed by atoms with van der Waals surface area (Å²) in [5, 5.41) is 4.18. The van der Waals surface area contributed by atoms with Gasteiger partial charge in [0.25, 0.3) is 0 Å². The molecule has 0 spiro atoms. The van der Waals surface area contributed by atoms with Crippen LogP contribution in [0.3, 0.4) is 0 Å². The highest BCUT2D eigenvalue weighted by atomic mass is 32.1. The Balaban J connectivity index is 2.56. The van der Waals surface area contributed by atoms with Crippen molar-refractivity contribution in [3.8, 4) is 0 Å². The van der Waals surface area contributed by atoms with Crippen molar-refractivity contribution in [2.75, 3.05) is 0 Å². The van der Waals surface area contributed by atoms with E-state index >= 15 is 0 Å². The molecule has 0 saturated heterocycles. The standard InChI is InChI=1S/C13H25N3S/c1-5-6-12-13(17-16-15-12)11(14)8-10(4)7-9(2)3/h9-11H,5-8,14H2,1-4H3. The minimum absolute atomic E-state index is 0.116. The maximum atomic E-state index is 6.28. The van der Waals surface area contributed by atoms with Crippen LogP contribution in [0.15, 0.2) is 0 Å². The molecule has 0 fully saturated rings. The first-order valence-corrected chi connectivity index (χ1v) is 7.38. The van der Waals surface area contributed by atoms with Crippen LogP contribution >= 0.6 is 11.5 Å². The third-order valence-electron chi connectivity index (χ3n) is 2.94. The smallest absolute Gasteiger partial charge is 0.0803 e. The molecule has 1 aromatic rings. The van der Waals surface area contributed by atoms with Crippen LogP contribution in [0.1, 0.15) is 63.6 Å². The van der Waals surface area contributed by atoms with Gasteiger partial charge in [-0.05, 0) is 42.6 Å². The highest BCUT2D eigenvalue weighted by Gasteiger charge is 2.18. The summed E-state index contributed by atoms with van der Waals surface area (Å²) in [7, 11) is 0. The lowest BCUT2D eigenvalue weighted by Gasteiger charge is -2.18. The molecule has 1 rings (SSSR count). The van der Waals surface area contributed by atoms with Crippen LogP contribution in [0, 0.1) is 11.8 Å². The van der Waals surface area contributed by atoms with Gasteiger partial charge in [0.15, 0.2) is 0 Å². The minimum Gasteiger partial charge on any atom is -0.323 e. The van der Waals surface area contributed by atoms with Gasteiger partial charge in [0.1, 0.15) is 0 Å². The van der Waals surface area contributed by atoms with Crippen molar-refractivity contribution in [3.05, 3.63) is 10.6 Å². The summed E-state index contributed by atoms with van der Waals surface area (Å²) in [5.41, 5.74) is 7.39. The largest absolute Gasteiger partial charge is 0.323 e. The predicted molar refractivity (Wildman–Crippen MR) is 74.1 cm³/mol. The van der Waals surface area contributed by atoms with Crippen LogP contribution in [0.5, 0.6) is 0 Å². The van der Waals surface area contributed by atoms with Gasteiger partial charge in [-0.25, -0.2) is 0 Å². The first kappa shape index (κ1) is 14.6. The molecular weight excluding hydrogens is 230 g/mol. The van der Waals surface area contributed by atoms with Gasteiger partial charge >= 0.3 is 0 Å². The van der Waals surface area contributed by atoms with Crippen LogP contribution in [-0.4, -0.2) is 9.59 Å². The van der Waals surface area contributed by atoms with Crippen molar-refractivity contribution in [2.45, 2.75) is 59.4 Å². The second-order valence-corrected chi connectivity index (χ2v) is 6.20. The lowest BCUT2D eigenvalue weighted by molar-refractivity contribution is 0.388. The van der Waals surface area contributed by atoms with Crippen molar-refractivity contribution in [2.24, 2.45) is 17.6 Å². The van der Waals surface area contributed by atoms with Gasteiger partial charge in [0.05, 0.1) is 10.6 Å². The number of nitrogens with zero attached hydrogens (tertiary/aromatic N) is 2. The first-order chi connectivity index (χ1) is 8.04. The molecule has 0 aliphatic rings. The molecule has 2 unspecified atom stereocenters. The fourth-order valence-electron chi connectivity index (χ4n) is 2.35. The molecule has 0 radical (unpaired) electrons. The molecule has 0 aliphatic heterocycles. The summed E-state index contributed by atoms with van der Waals surface area (Å²) in [6.07, 6.45) is 4.38. The maximum Gasteiger partial charge on any atom is 0.0803 e. The third kappa shape index (κ3) is 4.72. The Morgan fingerprint density at radius 3 is 2.53 bits per heavy atom. The molecule has 0 aromatic carbocycles. The SMILES string of the molecule is CCCc1nnsc1C(N)CC(C)CC(C)C. The topological polar surface area (TPSA) is 51.8 Å². The van der Waals surface area contributed by atoms with Crippen LogP contribution in [0.2, 0.25) is 0 Å². The minimum atomic E-state index is 0.116. The van der Waals surface area contributed by atoms with Gasteiger partial charge in [0.2, 0.25) is 0 Å². The third-order valence-corrected chi connectivity index (χ3v) is 3.84. The number of aromatic nitrogens is 2. The Kier molecular flexibility index (Phi) is 6.06. The molecular formula is C13H25N3S. The quantitative estimate of drug-likeness (QED) is 0.810. The summed E-state index contributed by atoms with van der Waals surface area (Å²) in [6, 6.07) is 0.116. The maximum absolute atomic E-state index is 6.28. The average Bonchev–Trinajstić information content (AvgIpc) is 2.64. The van der Waals surface area contributed by atoms with E-state index in [9.17, 15) is 0 Å². The lowest BCUT2D eigenvalue weighted by atomic mass is 9.92. The molecule has 0 aliphatic carbocycles. The Morgan fingerprint density at radius 1 is 1.24 bits per heavy atom. The fraction of sp³-hybridized carbons (Fsp3) is 0.846. The lowest BCUT2D eigenvalue weighted by Crippen LogP contribution is -2.15. The monoisotopic (exact) mass is 255 g/mol. The summed E-state index contributed by atoms with van der Waals surface area (Å²) < 4.78 is 4.04. The van der Waals surface area contributed by atoms with E-state index in [1.165, 1.54) is 22.8 Å². The molecule has 98 valence electrons. The first-order valence-electron chi connectivity index (χ1n) is 6.61. The highest BCUT2D eigenvalue weighted by Crippen LogP contribution is 2.27. The van der Waals surface area contributed by atoms with Gasteiger partial charge in [-0.15, -0.1) is 5.10 Å². The second kappa shape index (κ2) is 7.07. The molecule has 4 heteroatoms. The van der Waals surface area contributed by atoms with Gasteiger partial charge in [-0.1, -0.05) is 38.6 Å². The summed E-state index contributed by atoms with van der Waals surface area (Å²) in [6.45, 7) is 8.97. The van der Waals surface area contributed by atoms with Crippen LogP contribution in [0.4, 0.5) is 0 Å². The van der Waals surface area contributed by atoms with E-state index in [2.05, 4.69) is 37.3 Å². The van der Waals surface area contributed by atoms with Crippen LogP contribution in [0.25, 0.3) is 0 Å². The molecule has 1 aromatic heterocycles. The van der Waals surface area contributed by atoms with E-state index in [-0.39, 0.29) is 6.04 Å². The zero-order valence-corrected chi connectivity index (χ0v) is 12.3. The van der Waals surface area contributed by atoms with E-state index in [0.717, 1.165) is 30.9 Å². The average molecular weight is 255 g/mol. The molecule has 2 atom stereocenters. The predicted octanol–water partition coefficient (Wildman–Crippen LogP) is 3.56. The molecule has 3 nitrogen and oxygen atoms in total. The fourth-order valence-corrected chi connectivity index (χ4v) is 3.06. The zero-order valence-electron chi connectivity index (χ0n) is 11.4. The van der Waals surface area contributed by atoms with Gasteiger partial charge < -0.3 is 5.73 Å². The number of hydrogen-bond acceptors (Lipinski definition) is 4. The highest BCUT2D eigenvalue weighted by molar-refractivity contribution is 7.05. The molecule has 17 heavy (non-hydrogen) atoms. The Morgan fingerprint density at radius 2 is 1.94 bits per heavy atom. The molecule has 1 heterocycles. The molecule has 0 bridgehead atoms. The number of rotatable bonds is 7. The second-order valence-electron chi connectivity index (χ2n) is 5.41. The van der Waals surface area contributed by atoms with E-state index in [4.69, 9.17) is 5.73 Å². The van der Waals surface area contributed by atoms with Crippen molar-refractivity contribution in [3.63, 3.8) is 0 Å². The zero-order chi connectivity index (χ0) is 12.8. The van der Waals surface area contributed by atoms with Gasteiger partial charge in [-0.3, -0.25) is 0 Å². The Labute approximate surface area is 109 Å². The van der Waals surface area contributed by atoms with Gasteiger partial charge in [-0.2, -0.15) is 0 Å². The van der Waals surface area contributed by atoms with Crippen molar-refractivity contribution in [1.29, 1.82) is 0 Å². The van der Waals surface area contributed by atoms with Crippen molar-refractivity contribution >= 4 is 11.5 Å². The Bertz CT molecular complexity index is 322. The summed E-state index contributed by atoms with van der Waals surface area (Å²) >= 11 is 1.47. The molecule has 2 N–H and O–H groups in total. The number of hydrogen-bond donors (Lipinski definition) is 1. The van der Waals surface area contributed by atoms with Crippen LogP contribution < -0.4 is 5.73 Å². The van der Waals surface area contributed by atoms with Crippen molar-refractivity contribution in [1.82, 2.24) is 9.59 Å². The normalized spacial score (nSPS) is 15.2. The van der Waals surface area contributed by atoms with Gasteiger partial charge in [0, 0.05) is 6.04 Å². The van der Waals surface area contributed by atoms with Crippen LogP contribution in [-0.2, 0) is 6.42 Å². The van der Waals surface area contributed by atoms with E-state index < -0.39 is 0 Å². The number of nitrogens with two attached hydrogens (primary N) is 1. The van der Waals surface area contributed by atoms with E-state index in [0.29, 0.717) is 5.92 Å².